The second-order valence-electron chi connectivity index (χ2n) is 3.92. The summed E-state index contributed by atoms with van der Waals surface area (Å²) in [5.41, 5.74) is 3.32. The Kier molecular flexibility index (Phi) is 3.33. The Hall–Kier alpha value is -1.96. The third kappa shape index (κ3) is 2.41. The fourth-order valence-electron chi connectivity index (χ4n) is 1.81. The summed E-state index contributed by atoms with van der Waals surface area (Å²) in [6, 6.07) is 8.13. The van der Waals surface area contributed by atoms with Gasteiger partial charge in [0.25, 0.3) is 0 Å². The van der Waals surface area contributed by atoms with Crippen molar-refractivity contribution in [1.29, 1.82) is 0 Å². The Labute approximate surface area is 103 Å². The van der Waals surface area contributed by atoms with E-state index in [1.165, 1.54) is 5.56 Å². The van der Waals surface area contributed by atoms with Gasteiger partial charge in [-0.1, -0.05) is 12.7 Å². The average molecular weight is 227 g/mol. The summed E-state index contributed by atoms with van der Waals surface area (Å²) in [6.07, 6.45) is 6.11. The average Bonchev–Trinajstić information content (AvgIpc) is 2.34. The Morgan fingerprint density at radius 2 is 1.94 bits per heavy atom. The molecular weight excluding hydrogens is 210 g/mol. The molecule has 1 heterocycles. The van der Waals surface area contributed by atoms with Crippen molar-refractivity contribution >= 4 is 5.70 Å². The second kappa shape index (κ2) is 4.91. The van der Waals surface area contributed by atoms with Gasteiger partial charge in [0.15, 0.2) is 0 Å². The van der Waals surface area contributed by atoms with Gasteiger partial charge in [-0.05, 0) is 48.9 Å². The number of nitrogens with zero attached hydrogens (tertiary/aromatic N) is 1. The first-order chi connectivity index (χ1) is 8.22. The van der Waals surface area contributed by atoms with Crippen molar-refractivity contribution in [1.82, 2.24) is 4.90 Å². The van der Waals surface area contributed by atoms with E-state index in [-0.39, 0.29) is 0 Å². The molecule has 1 aliphatic rings. The maximum absolute atomic E-state index is 5.43. The minimum atomic E-state index is 0.696. The van der Waals surface area contributed by atoms with Gasteiger partial charge < -0.3 is 9.64 Å². The lowest BCUT2D eigenvalue weighted by Gasteiger charge is -2.25. The summed E-state index contributed by atoms with van der Waals surface area (Å²) in [4.78, 5) is 2.08. The zero-order valence-electron chi connectivity index (χ0n) is 10.3. The molecule has 2 nitrogen and oxygen atoms in total. The Morgan fingerprint density at radius 3 is 2.59 bits per heavy atom. The van der Waals surface area contributed by atoms with Gasteiger partial charge in [-0.2, -0.15) is 0 Å². The molecule has 2 rings (SSSR count). The zero-order chi connectivity index (χ0) is 12.3. The van der Waals surface area contributed by atoms with Crippen molar-refractivity contribution in [3.63, 3.8) is 0 Å². The lowest BCUT2D eigenvalue weighted by molar-refractivity contribution is 0.340. The second-order valence-corrected chi connectivity index (χ2v) is 3.92. The molecule has 1 aromatic rings. The monoisotopic (exact) mass is 227 g/mol. The van der Waals surface area contributed by atoms with Crippen LogP contribution in [0.15, 0.2) is 54.8 Å². The van der Waals surface area contributed by atoms with Crippen LogP contribution in [0.2, 0.25) is 0 Å². The van der Waals surface area contributed by atoms with Crippen LogP contribution in [-0.2, 0) is 0 Å². The predicted octanol–water partition coefficient (Wildman–Crippen LogP) is 3.44. The SMILES string of the molecule is C=C1C=CC=C(c2ccc(OCC)cc2)N1C. The van der Waals surface area contributed by atoms with E-state index in [1.54, 1.807) is 0 Å². The summed E-state index contributed by atoms with van der Waals surface area (Å²) in [6.45, 7) is 6.67. The van der Waals surface area contributed by atoms with Gasteiger partial charge in [-0.25, -0.2) is 0 Å². The molecule has 0 unspecified atom stereocenters. The summed E-state index contributed by atoms with van der Waals surface area (Å²) >= 11 is 0. The van der Waals surface area contributed by atoms with Gasteiger partial charge in [0.05, 0.1) is 6.61 Å². The Balaban J connectivity index is 2.25. The fraction of sp³-hybridized carbons (Fsp3) is 0.200. The van der Waals surface area contributed by atoms with Crippen LogP contribution in [0.5, 0.6) is 5.75 Å². The van der Waals surface area contributed by atoms with Crippen LogP contribution in [0, 0.1) is 0 Å². The van der Waals surface area contributed by atoms with E-state index in [4.69, 9.17) is 4.74 Å². The molecule has 2 heteroatoms. The normalized spacial score (nSPS) is 14.8. The molecule has 0 saturated heterocycles. The first-order valence-electron chi connectivity index (χ1n) is 5.76. The van der Waals surface area contributed by atoms with E-state index in [0.717, 1.165) is 17.1 Å². The summed E-state index contributed by atoms with van der Waals surface area (Å²) in [7, 11) is 2.02. The van der Waals surface area contributed by atoms with Crippen LogP contribution in [0.3, 0.4) is 0 Å². The standard InChI is InChI=1S/C15H17NO/c1-4-17-14-10-8-13(9-11-14)15-7-5-6-12(2)16(15)3/h5-11H,2,4H2,1,3H3. The molecular formula is C15H17NO. The van der Waals surface area contributed by atoms with E-state index in [2.05, 4.69) is 29.7 Å². The molecule has 0 atom stereocenters. The highest BCUT2D eigenvalue weighted by Crippen LogP contribution is 2.26. The zero-order valence-corrected chi connectivity index (χ0v) is 10.3. The van der Waals surface area contributed by atoms with Gasteiger partial charge in [0, 0.05) is 18.4 Å². The number of likely N-dealkylation sites (N-methyl/N-ethyl adjacent to an activating group) is 1. The molecule has 0 aliphatic carbocycles. The predicted molar refractivity (Wildman–Crippen MR) is 71.6 cm³/mol. The molecule has 1 aromatic carbocycles. The lowest BCUT2D eigenvalue weighted by atomic mass is 10.1. The van der Waals surface area contributed by atoms with E-state index in [1.807, 2.05) is 38.3 Å². The molecule has 0 saturated carbocycles. The third-order valence-corrected chi connectivity index (χ3v) is 2.80. The lowest BCUT2D eigenvalue weighted by Crippen LogP contribution is -2.16. The number of benzene rings is 1. The molecule has 0 amide bonds. The van der Waals surface area contributed by atoms with Crippen LogP contribution < -0.4 is 4.74 Å². The van der Waals surface area contributed by atoms with Crippen molar-refractivity contribution in [2.45, 2.75) is 6.92 Å². The quantitative estimate of drug-likeness (QED) is 0.784. The van der Waals surface area contributed by atoms with Crippen LogP contribution in [0.25, 0.3) is 5.70 Å². The number of ether oxygens (including phenoxy) is 1. The molecule has 17 heavy (non-hydrogen) atoms. The van der Waals surface area contributed by atoms with Gasteiger partial charge in [0.1, 0.15) is 5.75 Å². The summed E-state index contributed by atoms with van der Waals surface area (Å²) in [5, 5.41) is 0. The van der Waals surface area contributed by atoms with E-state index in [9.17, 15) is 0 Å². The minimum absolute atomic E-state index is 0.696. The van der Waals surface area contributed by atoms with Crippen LogP contribution >= 0.6 is 0 Å². The van der Waals surface area contributed by atoms with Crippen molar-refractivity contribution < 1.29 is 4.74 Å². The van der Waals surface area contributed by atoms with E-state index in [0.29, 0.717) is 6.61 Å². The molecule has 1 aliphatic heterocycles. The fourth-order valence-corrected chi connectivity index (χ4v) is 1.81. The van der Waals surface area contributed by atoms with Crippen molar-refractivity contribution in [3.05, 3.63) is 60.3 Å². The van der Waals surface area contributed by atoms with Gasteiger partial charge in [-0.15, -0.1) is 0 Å². The van der Waals surface area contributed by atoms with E-state index < -0.39 is 0 Å². The Morgan fingerprint density at radius 1 is 1.24 bits per heavy atom. The van der Waals surface area contributed by atoms with Gasteiger partial charge in [0.2, 0.25) is 0 Å². The van der Waals surface area contributed by atoms with E-state index >= 15 is 0 Å². The highest BCUT2D eigenvalue weighted by molar-refractivity contribution is 5.69. The number of hydrogen-bond donors (Lipinski definition) is 0. The van der Waals surface area contributed by atoms with Crippen LogP contribution in [-0.4, -0.2) is 18.6 Å². The highest BCUT2D eigenvalue weighted by Gasteiger charge is 2.11. The maximum Gasteiger partial charge on any atom is 0.119 e. The first kappa shape index (κ1) is 11.5. The third-order valence-electron chi connectivity index (χ3n) is 2.80. The van der Waals surface area contributed by atoms with Crippen molar-refractivity contribution in [3.8, 4) is 5.75 Å². The molecule has 88 valence electrons. The smallest absolute Gasteiger partial charge is 0.119 e. The largest absolute Gasteiger partial charge is 0.494 e. The first-order valence-corrected chi connectivity index (χ1v) is 5.76. The molecule has 0 fully saturated rings. The molecule has 0 N–H and O–H groups in total. The highest BCUT2D eigenvalue weighted by atomic mass is 16.5. The molecule has 0 bridgehead atoms. The molecule has 0 radical (unpaired) electrons. The number of hydrogen-bond acceptors (Lipinski definition) is 2. The van der Waals surface area contributed by atoms with Crippen LogP contribution in [0.1, 0.15) is 12.5 Å². The summed E-state index contributed by atoms with van der Waals surface area (Å²) in [5.74, 6) is 0.907. The van der Waals surface area contributed by atoms with Crippen molar-refractivity contribution in [2.24, 2.45) is 0 Å². The van der Waals surface area contributed by atoms with Gasteiger partial charge >= 0.3 is 0 Å². The number of rotatable bonds is 3. The minimum Gasteiger partial charge on any atom is -0.494 e. The Bertz CT molecular complexity index is 468. The molecule has 0 spiro atoms. The van der Waals surface area contributed by atoms with Gasteiger partial charge in [-0.3, -0.25) is 0 Å². The maximum atomic E-state index is 5.43. The molecule has 0 aromatic heterocycles. The van der Waals surface area contributed by atoms with Crippen molar-refractivity contribution in [2.75, 3.05) is 13.7 Å². The van der Waals surface area contributed by atoms with Crippen LogP contribution in [0.4, 0.5) is 0 Å². The summed E-state index contributed by atoms with van der Waals surface area (Å²) < 4.78 is 5.43. The topological polar surface area (TPSA) is 12.5 Å². The number of allylic oxidation sites excluding steroid dienone is 3.